The van der Waals surface area contributed by atoms with Crippen LogP contribution >= 0.6 is 0 Å². The molecule has 2 aromatic carbocycles. The Kier molecular flexibility index (Phi) is 4.34. The molecule has 2 N–H and O–H groups in total. The molecule has 1 fully saturated rings. The van der Waals surface area contributed by atoms with E-state index in [1.807, 2.05) is 0 Å². The van der Waals surface area contributed by atoms with Gasteiger partial charge in [0.15, 0.2) is 0 Å². The second kappa shape index (κ2) is 6.38. The molecule has 106 valence electrons. The summed E-state index contributed by atoms with van der Waals surface area (Å²) in [6.07, 6.45) is 5.14. The average molecular weight is 269 g/mol. The fraction of sp³-hybridized carbons (Fsp3) is 0.444. The van der Waals surface area contributed by atoms with Gasteiger partial charge in [0.2, 0.25) is 0 Å². The Morgan fingerprint density at radius 2 is 1.70 bits per heavy atom. The Labute approximate surface area is 120 Å². The van der Waals surface area contributed by atoms with E-state index in [9.17, 15) is 5.11 Å². The van der Waals surface area contributed by atoms with Crippen LogP contribution < -0.4 is 5.32 Å². The van der Waals surface area contributed by atoms with Gasteiger partial charge in [0.1, 0.15) is 0 Å². The van der Waals surface area contributed by atoms with Crippen LogP contribution in [0, 0.1) is 0 Å². The summed E-state index contributed by atoms with van der Waals surface area (Å²) in [5.74, 6) is 0. The first-order valence-electron chi connectivity index (χ1n) is 7.70. The van der Waals surface area contributed by atoms with Crippen LogP contribution in [0.1, 0.15) is 31.2 Å². The van der Waals surface area contributed by atoms with Gasteiger partial charge in [-0.05, 0) is 55.0 Å². The fourth-order valence-corrected chi connectivity index (χ4v) is 3.09. The van der Waals surface area contributed by atoms with Gasteiger partial charge >= 0.3 is 0 Å². The molecule has 0 radical (unpaired) electrons. The van der Waals surface area contributed by atoms with Crippen molar-refractivity contribution in [3.8, 4) is 0 Å². The zero-order valence-corrected chi connectivity index (χ0v) is 11.9. The minimum atomic E-state index is -0.0615. The largest absolute Gasteiger partial charge is 0.393 e. The Morgan fingerprint density at radius 1 is 0.950 bits per heavy atom. The average Bonchev–Trinajstić information content (AvgIpc) is 2.49. The number of hydrogen-bond acceptors (Lipinski definition) is 2. The third-order valence-electron chi connectivity index (χ3n) is 4.36. The number of rotatable bonds is 4. The molecule has 0 saturated heterocycles. The number of aliphatic hydroxyl groups is 1. The third-order valence-corrected chi connectivity index (χ3v) is 4.36. The van der Waals surface area contributed by atoms with Crippen LogP contribution in [0.3, 0.4) is 0 Å². The van der Waals surface area contributed by atoms with Gasteiger partial charge in [-0.2, -0.15) is 0 Å². The first-order valence-corrected chi connectivity index (χ1v) is 7.70. The number of hydrogen-bond donors (Lipinski definition) is 2. The molecule has 20 heavy (non-hydrogen) atoms. The van der Waals surface area contributed by atoms with Crippen LogP contribution in [0.4, 0.5) is 0 Å². The summed E-state index contributed by atoms with van der Waals surface area (Å²) in [6.45, 7) is 1.03. The zero-order valence-electron chi connectivity index (χ0n) is 11.9. The second-order valence-electron chi connectivity index (χ2n) is 5.89. The van der Waals surface area contributed by atoms with Gasteiger partial charge in [-0.25, -0.2) is 0 Å². The lowest BCUT2D eigenvalue weighted by atomic mass is 9.93. The van der Waals surface area contributed by atoms with Crippen molar-refractivity contribution in [2.45, 2.75) is 44.2 Å². The Balaban J connectivity index is 1.52. The molecule has 0 atom stereocenters. The van der Waals surface area contributed by atoms with Crippen molar-refractivity contribution in [1.82, 2.24) is 5.32 Å². The Morgan fingerprint density at radius 3 is 2.50 bits per heavy atom. The van der Waals surface area contributed by atoms with Gasteiger partial charge in [-0.1, -0.05) is 42.5 Å². The highest BCUT2D eigenvalue weighted by Crippen LogP contribution is 2.19. The van der Waals surface area contributed by atoms with Crippen molar-refractivity contribution in [3.63, 3.8) is 0 Å². The molecular formula is C18H23NO. The molecule has 2 nitrogen and oxygen atoms in total. The highest BCUT2D eigenvalue weighted by Gasteiger charge is 2.18. The smallest absolute Gasteiger partial charge is 0.0541 e. The van der Waals surface area contributed by atoms with Gasteiger partial charge < -0.3 is 10.4 Å². The summed E-state index contributed by atoms with van der Waals surface area (Å²) in [6, 6.07) is 15.8. The highest BCUT2D eigenvalue weighted by atomic mass is 16.3. The Hall–Kier alpha value is -1.38. The number of nitrogens with one attached hydrogen (secondary N) is 1. The maximum atomic E-state index is 9.50. The van der Waals surface area contributed by atoms with Crippen LogP contribution in [0.2, 0.25) is 0 Å². The number of fused-ring (bicyclic) bond motifs is 1. The molecule has 0 spiro atoms. The lowest BCUT2D eigenvalue weighted by molar-refractivity contribution is 0.117. The standard InChI is InChI=1S/C18H23NO/c20-18-9-7-17(8-10-18)19-12-11-14-5-6-15-3-1-2-4-16(15)13-14/h1-6,13,17-20H,7-12H2. The molecule has 1 aliphatic carbocycles. The van der Waals surface area contributed by atoms with Gasteiger partial charge in [-0.15, -0.1) is 0 Å². The Bertz CT molecular complexity index is 558. The van der Waals surface area contributed by atoms with Crippen molar-refractivity contribution in [1.29, 1.82) is 0 Å². The van der Waals surface area contributed by atoms with E-state index in [2.05, 4.69) is 47.8 Å². The molecule has 0 aliphatic heterocycles. The maximum absolute atomic E-state index is 9.50. The second-order valence-corrected chi connectivity index (χ2v) is 5.89. The van der Waals surface area contributed by atoms with E-state index in [0.29, 0.717) is 6.04 Å². The van der Waals surface area contributed by atoms with Crippen LogP contribution in [0.15, 0.2) is 42.5 Å². The van der Waals surface area contributed by atoms with Gasteiger partial charge in [0.05, 0.1) is 6.10 Å². The molecule has 0 heterocycles. The predicted molar refractivity (Wildman–Crippen MR) is 83.9 cm³/mol. The lowest BCUT2D eigenvalue weighted by Gasteiger charge is -2.26. The molecule has 3 rings (SSSR count). The van der Waals surface area contributed by atoms with Gasteiger partial charge in [0.25, 0.3) is 0 Å². The molecule has 1 saturated carbocycles. The van der Waals surface area contributed by atoms with Crippen LogP contribution in [0.25, 0.3) is 10.8 Å². The summed E-state index contributed by atoms with van der Waals surface area (Å²) in [5.41, 5.74) is 1.40. The first kappa shape index (κ1) is 13.6. The monoisotopic (exact) mass is 269 g/mol. The van der Waals surface area contributed by atoms with Crippen molar-refractivity contribution < 1.29 is 5.11 Å². The summed E-state index contributed by atoms with van der Waals surface area (Å²) < 4.78 is 0. The van der Waals surface area contributed by atoms with E-state index in [1.54, 1.807) is 0 Å². The first-order chi connectivity index (χ1) is 9.81. The molecule has 0 bridgehead atoms. The van der Waals surface area contributed by atoms with E-state index in [4.69, 9.17) is 0 Å². The number of benzene rings is 2. The minimum absolute atomic E-state index is 0.0615. The van der Waals surface area contributed by atoms with Crippen molar-refractivity contribution in [2.75, 3.05) is 6.54 Å². The summed E-state index contributed by atoms with van der Waals surface area (Å²) in [5, 5.41) is 15.8. The van der Waals surface area contributed by atoms with E-state index >= 15 is 0 Å². The van der Waals surface area contributed by atoms with Gasteiger partial charge in [0, 0.05) is 6.04 Å². The van der Waals surface area contributed by atoms with E-state index in [-0.39, 0.29) is 6.10 Å². The quantitative estimate of drug-likeness (QED) is 0.893. The van der Waals surface area contributed by atoms with E-state index < -0.39 is 0 Å². The molecular weight excluding hydrogens is 246 g/mol. The van der Waals surface area contributed by atoms with Crippen LogP contribution in [0.5, 0.6) is 0 Å². The fourth-order valence-electron chi connectivity index (χ4n) is 3.09. The third kappa shape index (κ3) is 3.38. The summed E-state index contributed by atoms with van der Waals surface area (Å²) >= 11 is 0. The summed E-state index contributed by atoms with van der Waals surface area (Å²) in [4.78, 5) is 0. The minimum Gasteiger partial charge on any atom is -0.393 e. The molecule has 0 unspecified atom stereocenters. The van der Waals surface area contributed by atoms with Crippen molar-refractivity contribution in [2.24, 2.45) is 0 Å². The zero-order chi connectivity index (χ0) is 13.8. The normalized spacial score (nSPS) is 23.1. The maximum Gasteiger partial charge on any atom is 0.0541 e. The van der Waals surface area contributed by atoms with Gasteiger partial charge in [-0.3, -0.25) is 0 Å². The topological polar surface area (TPSA) is 32.3 Å². The van der Waals surface area contributed by atoms with Crippen molar-refractivity contribution >= 4 is 10.8 Å². The van der Waals surface area contributed by atoms with Crippen molar-refractivity contribution in [3.05, 3.63) is 48.0 Å². The molecule has 0 aromatic heterocycles. The highest BCUT2D eigenvalue weighted by molar-refractivity contribution is 5.82. The van der Waals surface area contributed by atoms with E-state index in [0.717, 1.165) is 38.6 Å². The lowest BCUT2D eigenvalue weighted by Crippen LogP contribution is -2.35. The molecule has 0 amide bonds. The van der Waals surface area contributed by atoms with Crippen LogP contribution in [-0.2, 0) is 6.42 Å². The van der Waals surface area contributed by atoms with E-state index in [1.165, 1.54) is 16.3 Å². The predicted octanol–water partition coefficient (Wildman–Crippen LogP) is 3.28. The number of aliphatic hydroxyl groups excluding tert-OH is 1. The SMILES string of the molecule is OC1CCC(NCCc2ccc3ccccc3c2)CC1. The molecule has 2 aromatic rings. The summed E-state index contributed by atoms with van der Waals surface area (Å²) in [7, 11) is 0. The molecule has 2 heteroatoms. The molecule has 1 aliphatic rings. The van der Waals surface area contributed by atoms with Crippen LogP contribution in [-0.4, -0.2) is 23.8 Å².